The highest BCUT2D eigenvalue weighted by atomic mass is 19.3. The van der Waals surface area contributed by atoms with Crippen molar-refractivity contribution in [3.63, 3.8) is 0 Å². The third-order valence-electron chi connectivity index (χ3n) is 3.26. The summed E-state index contributed by atoms with van der Waals surface area (Å²) in [5, 5.41) is 8.50. The topological polar surface area (TPSA) is 67.0 Å². The predicted octanol–water partition coefficient (Wildman–Crippen LogP) is 2.41. The molecular formula is C12H17F2N3O2. The van der Waals surface area contributed by atoms with E-state index in [1.807, 2.05) is 0 Å². The molecule has 2 N–H and O–H groups in total. The van der Waals surface area contributed by atoms with Crippen molar-refractivity contribution in [2.24, 2.45) is 5.92 Å². The number of carbonyl (C=O) groups is 1. The molecule has 0 atom stereocenters. The van der Waals surface area contributed by atoms with Gasteiger partial charge in [0.1, 0.15) is 0 Å². The van der Waals surface area contributed by atoms with Gasteiger partial charge in [-0.3, -0.25) is 9.89 Å². The van der Waals surface area contributed by atoms with E-state index in [0.717, 1.165) is 12.8 Å². The second kappa shape index (κ2) is 6.10. The highest BCUT2D eigenvalue weighted by Gasteiger charge is 2.22. The lowest BCUT2D eigenvalue weighted by molar-refractivity contribution is -0.117. The summed E-state index contributed by atoms with van der Waals surface area (Å²) in [6, 6.07) is 0. The van der Waals surface area contributed by atoms with Gasteiger partial charge in [-0.1, -0.05) is 0 Å². The number of nitrogens with zero attached hydrogens (tertiary/aromatic N) is 1. The van der Waals surface area contributed by atoms with E-state index in [-0.39, 0.29) is 17.5 Å². The van der Waals surface area contributed by atoms with Crippen molar-refractivity contribution in [1.29, 1.82) is 0 Å². The molecule has 1 amide bonds. The zero-order valence-electron chi connectivity index (χ0n) is 10.7. The zero-order valence-corrected chi connectivity index (χ0v) is 10.7. The van der Waals surface area contributed by atoms with Crippen LogP contribution in [-0.4, -0.2) is 29.3 Å². The van der Waals surface area contributed by atoms with E-state index in [1.165, 1.54) is 0 Å². The van der Waals surface area contributed by atoms with Gasteiger partial charge in [-0.2, -0.15) is 5.10 Å². The van der Waals surface area contributed by atoms with E-state index in [1.54, 1.807) is 6.92 Å². The van der Waals surface area contributed by atoms with Crippen LogP contribution in [0.5, 0.6) is 0 Å². The van der Waals surface area contributed by atoms with Gasteiger partial charge < -0.3 is 10.1 Å². The molecule has 0 bridgehead atoms. The lowest BCUT2D eigenvalue weighted by Gasteiger charge is -2.21. The van der Waals surface area contributed by atoms with Crippen LogP contribution in [0.2, 0.25) is 0 Å². The van der Waals surface area contributed by atoms with Crippen molar-refractivity contribution >= 4 is 11.6 Å². The summed E-state index contributed by atoms with van der Waals surface area (Å²) in [6.07, 6.45) is -0.710. The molecule has 0 unspecified atom stereocenters. The molecule has 19 heavy (non-hydrogen) atoms. The molecule has 0 aromatic carbocycles. The Morgan fingerprint density at radius 3 is 2.84 bits per heavy atom. The van der Waals surface area contributed by atoms with E-state index in [4.69, 9.17) is 4.74 Å². The Bertz CT molecular complexity index is 442. The summed E-state index contributed by atoms with van der Waals surface area (Å²) in [5.74, 6) is 0.00857. The molecule has 1 aromatic heterocycles. The summed E-state index contributed by atoms with van der Waals surface area (Å²) in [7, 11) is 0. The first-order valence-corrected chi connectivity index (χ1v) is 6.28. The molecule has 106 valence electrons. The molecule has 2 heterocycles. The van der Waals surface area contributed by atoms with Gasteiger partial charge in [-0.25, -0.2) is 8.78 Å². The number of hydrogen-bond acceptors (Lipinski definition) is 3. The largest absolute Gasteiger partial charge is 0.381 e. The standard InChI is InChI=1S/C12H17F2N3O2/c1-7-10(11(12(13)14)17-16-7)15-9(18)6-8-2-4-19-5-3-8/h8,12H,2-6H2,1H3,(H,15,18)(H,16,17). The Kier molecular flexibility index (Phi) is 4.47. The fourth-order valence-corrected chi connectivity index (χ4v) is 2.17. The summed E-state index contributed by atoms with van der Waals surface area (Å²) in [6.45, 7) is 2.92. The van der Waals surface area contributed by atoms with Crippen molar-refractivity contribution in [3.8, 4) is 0 Å². The first-order chi connectivity index (χ1) is 9.08. The highest BCUT2D eigenvalue weighted by molar-refractivity contribution is 5.92. The first-order valence-electron chi connectivity index (χ1n) is 6.28. The molecule has 0 saturated carbocycles. The average Bonchev–Trinajstić information content (AvgIpc) is 2.72. The normalized spacial score (nSPS) is 16.8. The van der Waals surface area contributed by atoms with Crippen molar-refractivity contribution in [1.82, 2.24) is 10.2 Å². The summed E-state index contributed by atoms with van der Waals surface area (Å²) in [5.41, 5.74) is 0.139. The lowest BCUT2D eigenvalue weighted by Crippen LogP contribution is -2.22. The number of rotatable bonds is 4. The number of anilines is 1. The van der Waals surface area contributed by atoms with Crippen LogP contribution in [-0.2, 0) is 9.53 Å². The molecule has 0 radical (unpaired) electrons. The number of aromatic nitrogens is 2. The second-order valence-electron chi connectivity index (χ2n) is 4.72. The van der Waals surface area contributed by atoms with Crippen molar-refractivity contribution < 1.29 is 18.3 Å². The lowest BCUT2D eigenvalue weighted by atomic mass is 9.96. The van der Waals surface area contributed by atoms with Crippen LogP contribution in [0.3, 0.4) is 0 Å². The van der Waals surface area contributed by atoms with Gasteiger partial charge in [0.25, 0.3) is 6.43 Å². The maximum atomic E-state index is 12.7. The van der Waals surface area contributed by atoms with Crippen LogP contribution in [0.4, 0.5) is 14.5 Å². The number of ether oxygens (including phenoxy) is 1. The maximum absolute atomic E-state index is 12.7. The van der Waals surface area contributed by atoms with Gasteiger partial charge >= 0.3 is 0 Å². The Balaban J connectivity index is 1.96. The third kappa shape index (κ3) is 3.50. The smallest absolute Gasteiger partial charge is 0.284 e. The van der Waals surface area contributed by atoms with Crippen LogP contribution in [0, 0.1) is 12.8 Å². The molecule has 0 aliphatic carbocycles. The van der Waals surface area contributed by atoms with E-state index in [0.29, 0.717) is 25.3 Å². The second-order valence-corrected chi connectivity index (χ2v) is 4.72. The minimum atomic E-state index is -2.71. The molecule has 7 heteroatoms. The molecule has 2 rings (SSSR count). The number of aryl methyl sites for hydroxylation is 1. The van der Waals surface area contributed by atoms with Crippen LogP contribution >= 0.6 is 0 Å². The molecule has 0 spiro atoms. The molecule has 5 nitrogen and oxygen atoms in total. The Morgan fingerprint density at radius 2 is 2.21 bits per heavy atom. The molecule has 1 aromatic rings. The quantitative estimate of drug-likeness (QED) is 0.885. The number of H-pyrrole nitrogens is 1. The SMILES string of the molecule is Cc1[nH]nc(C(F)F)c1NC(=O)CC1CCOCC1. The molecular weight excluding hydrogens is 256 g/mol. The van der Waals surface area contributed by atoms with Crippen LogP contribution in [0.1, 0.15) is 37.1 Å². The predicted molar refractivity (Wildman–Crippen MR) is 65.1 cm³/mol. The zero-order chi connectivity index (χ0) is 13.8. The molecule has 1 aliphatic rings. The van der Waals surface area contributed by atoms with Gasteiger partial charge in [0.15, 0.2) is 5.69 Å². The Labute approximate surface area is 109 Å². The minimum Gasteiger partial charge on any atom is -0.381 e. The summed E-state index contributed by atoms with van der Waals surface area (Å²) >= 11 is 0. The van der Waals surface area contributed by atoms with E-state index >= 15 is 0 Å². The Morgan fingerprint density at radius 1 is 1.53 bits per heavy atom. The number of carbonyl (C=O) groups excluding carboxylic acids is 1. The first kappa shape index (κ1) is 13.9. The van der Waals surface area contributed by atoms with Crippen LogP contribution < -0.4 is 5.32 Å². The van der Waals surface area contributed by atoms with Gasteiger partial charge in [0, 0.05) is 19.6 Å². The van der Waals surface area contributed by atoms with E-state index in [9.17, 15) is 13.6 Å². The van der Waals surface area contributed by atoms with E-state index in [2.05, 4.69) is 15.5 Å². The van der Waals surface area contributed by atoms with Gasteiger partial charge in [-0.05, 0) is 25.7 Å². The van der Waals surface area contributed by atoms with Crippen LogP contribution in [0.25, 0.3) is 0 Å². The van der Waals surface area contributed by atoms with Crippen molar-refractivity contribution in [2.75, 3.05) is 18.5 Å². The van der Waals surface area contributed by atoms with Crippen LogP contribution in [0.15, 0.2) is 0 Å². The Hall–Kier alpha value is -1.50. The minimum absolute atomic E-state index is 0.104. The molecule has 1 saturated heterocycles. The van der Waals surface area contributed by atoms with Gasteiger partial charge in [0.2, 0.25) is 5.91 Å². The number of hydrogen-bond donors (Lipinski definition) is 2. The number of amides is 1. The number of halogens is 2. The number of alkyl halides is 2. The van der Waals surface area contributed by atoms with Gasteiger partial charge in [-0.15, -0.1) is 0 Å². The number of aromatic amines is 1. The van der Waals surface area contributed by atoms with Crippen molar-refractivity contribution in [2.45, 2.75) is 32.6 Å². The number of nitrogens with one attached hydrogen (secondary N) is 2. The maximum Gasteiger partial charge on any atom is 0.284 e. The van der Waals surface area contributed by atoms with Crippen molar-refractivity contribution in [3.05, 3.63) is 11.4 Å². The highest BCUT2D eigenvalue weighted by Crippen LogP contribution is 2.28. The van der Waals surface area contributed by atoms with Gasteiger partial charge in [0.05, 0.1) is 11.4 Å². The fraction of sp³-hybridized carbons (Fsp3) is 0.667. The fourth-order valence-electron chi connectivity index (χ4n) is 2.17. The summed E-state index contributed by atoms with van der Waals surface area (Å²) < 4.78 is 30.6. The average molecular weight is 273 g/mol. The van der Waals surface area contributed by atoms with E-state index < -0.39 is 12.1 Å². The monoisotopic (exact) mass is 273 g/mol. The summed E-state index contributed by atoms with van der Waals surface area (Å²) in [4.78, 5) is 11.9. The molecule has 1 fully saturated rings. The molecule has 1 aliphatic heterocycles. The third-order valence-corrected chi connectivity index (χ3v) is 3.26.